The Bertz CT molecular complexity index is 684. The molecule has 2 N–H and O–H groups in total. The number of hydrogen-bond donors (Lipinski definition) is 1. The second kappa shape index (κ2) is 8.31. The van der Waals surface area contributed by atoms with Crippen LogP contribution in [0.15, 0.2) is 30.3 Å². The predicted octanol–water partition coefficient (Wildman–Crippen LogP) is 3.83. The van der Waals surface area contributed by atoms with Crippen LogP contribution < -0.4 is 5.73 Å². The lowest BCUT2D eigenvalue weighted by molar-refractivity contribution is 0.119. The lowest BCUT2D eigenvalue weighted by atomic mass is 9.95. The molecule has 26 heavy (non-hydrogen) atoms. The molecule has 2 atom stereocenters. The molecule has 1 aromatic heterocycles. The number of piperidine rings is 1. The van der Waals surface area contributed by atoms with Gasteiger partial charge in [-0.2, -0.15) is 5.10 Å². The molecule has 1 unspecified atom stereocenters. The van der Waals surface area contributed by atoms with Crippen molar-refractivity contribution in [1.29, 1.82) is 0 Å². The van der Waals surface area contributed by atoms with Gasteiger partial charge in [-0.15, -0.1) is 0 Å². The number of likely N-dealkylation sites (tertiary alicyclic amines) is 1. The maximum absolute atomic E-state index is 6.16. The van der Waals surface area contributed by atoms with Crippen LogP contribution in [0.1, 0.15) is 75.2 Å². The van der Waals surface area contributed by atoms with Gasteiger partial charge < -0.3 is 5.73 Å². The highest BCUT2D eigenvalue weighted by Gasteiger charge is 2.29. The van der Waals surface area contributed by atoms with E-state index in [0.717, 1.165) is 44.0 Å². The molecule has 2 aromatic rings. The number of nitrogens with two attached hydrogens (primary N) is 1. The highest BCUT2D eigenvalue weighted by molar-refractivity contribution is 5.19. The summed E-state index contributed by atoms with van der Waals surface area (Å²) in [5, 5.41) is 4.70. The minimum atomic E-state index is 0.198. The summed E-state index contributed by atoms with van der Waals surface area (Å²) in [6.07, 6.45) is 3.23. The minimum Gasteiger partial charge on any atom is -0.328 e. The number of aryl methyl sites for hydroxylation is 1. The molecule has 2 heterocycles. The van der Waals surface area contributed by atoms with E-state index in [9.17, 15) is 0 Å². The molecule has 1 saturated heterocycles. The quantitative estimate of drug-likeness (QED) is 0.855. The van der Waals surface area contributed by atoms with Gasteiger partial charge in [-0.25, -0.2) is 9.67 Å². The molecule has 0 saturated carbocycles. The van der Waals surface area contributed by atoms with Gasteiger partial charge in [0.2, 0.25) is 0 Å². The summed E-state index contributed by atoms with van der Waals surface area (Å²) in [4.78, 5) is 7.25. The Morgan fingerprint density at radius 2 is 1.77 bits per heavy atom. The zero-order valence-corrected chi connectivity index (χ0v) is 16.6. The number of aromatic nitrogens is 3. The molecule has 0 aliphatic carbocycles. The van der Waals surface area contributed by atoms with E-state index in [4.69, 9.17) is 10.8 Å². The number of hydrogen-bond acceptors (Lipinski definition) is 4. The standard InChI is InChI=1S/C21H33N5/c1-15(2)21-23-17(4)24-26(21)19-10-12-25(13-11-19)20(14-16(3)22)18-8-6-5-7-9-18/h5-9,15-16,19-20H,10-14,22H2,1-4H3/t16?,20-/m1/s1. The Hall–Kier alpha value is -1.72. The van der Waals surface area contributed by atoms with Gasteiger partial charge in [0.05, 0.1) is 6.04 Å². The summed E-state index contributed by atoms with van der Waals surface area (Å²) < 4.78 is 2.19. The van der Waals surface area contributed by atoms with Gasteiger partial charge in [0.1, 0.15) is 11.6 Å². The van der Waals surface area contributed by atoms with Gasteiger partial charge >= 0.3 is 0 Å². The second-order valence-corrected chi connectivity index (χ2v) is 8.02. The van der Waals surface area contributed by atoms with Gasteiger partial charge in [0.15, 0.2) is 0 Å². The van der Waals surface area contributed by atoms with Crippen LogP contribution in [-0.2, 0) is 0 Å². The Kier molecular flexibility index (Phi) is 6.09. The lowest BCUT2D eigenvalue weighted by Gasteiger charge is -2.39. The van der Waals surface area contributed by atoms with Gasteiger partial charge in [0, 0.05) is 31.1 Å². The summed E-state index contributed by atoms with van der Waals surface area (Å²) in [5.41, 5.74) is 7.54. The predicted molar refractivity (Wildman–Crippen MR) is 106 cm³/mol. The monoisotopic (exact) mass is 355 g/mol. The molecular formula is C21H33N5. The van der Waals surface area contributed by atoms with Crippen LogP contribution in [0.3, 0.4) is 0 Å². The number of nitrogens with zero attached hydrogens (tertiary/aromatic N) is 4. The third-order valence-corrected chi connectivity index (χ3v) is 5.35. The van der Waals surface area contributed by atoms with Gasteiger partial charge in [0.25, 0.3) is 0 Å². The van der Waals surface area contributed by atoms with E-state index in [1.807, 2.05) is 6.92 Å². The van der Waals surface area contributed by atoms with Crippen molar-refractivity contribution >= 4 is 0 Å². The van der Waals surface area contributed by atoms with E-state index in [-0.39, 0.29) is 6.04 Å². The molecule has 1 aromatic carbocycles. The fourth-order valence-corrected chi connectivity index (χ4v) is 4.07. The average molecular weight is 356 g/mol. The van der Waals surface area contributed by atoms with Crippen LogP contribution in [0, 0.1) is 6.92 Å². The third kappa shape index (κ3) is 4.33. The first-order valence-electron chi connectivity index (χ1n) is 9.93. The first-order chi connectivity index (χ1) is 12.5. The van der Waals surface area contributed by atoms with E-state index in [2.05, 4.69) is 65.7 Å². The van der Waals surface area contributed by atoms with Crippen molar-refractivity contribution in [1.82, 2.24) is 19.7 Å². The fraction of sp³-hybridized carbons (Fsp3) is 0.619. The molecule has 0 radical (unpaired) electrons. The molecular weight excluding hydrogens is 322 g/mol. The maximum Gasteiger partial charge on any atom is 0.147 e. The molecule has 1 aliphatic rings. The van der Waals surface area contributed by atoms with Crippen molar-refractivity contribution in [3.63, 3.8) is 0 Å². The van der Waals surface area contributed by atoms with Crippen LogP contribution in [0.4, 0.5) is 0 Å². The van der Waals surface area contributed by atoms with E-state index in [1.165, 1.54) is 5.56 Å². The number of benzene rings is 1. The Balaban J connectivity index is 1.72. The molecule has 0 amide bonds. The van der Waals surface area contributed by atoms with Crippen LogP contribution in [0.2, 0.25) is 0 Å². The topological polar surface area (TPSA) is 60.0 Å². The van der Waals surface area contributed by atoms with Crippen molar-refractivity contribution in [2.75, 3.05) is 13.1 Å². The van der Waals surface area contributed by atoms with Crippen LogP contribution >= 0.6 is 0 Å². The largest absolute Gasteiger partial charge is 0.328 e. The maximum atomic E-state index is 6.16. The molecule has 142 valence electrons. The van der Waals surface area contributed by atoms with E-state index in [1.54, 1.807) is 0 Å². The Morgan fingerprint density at radius 3 is 2.35 bits per heavy atom. The SMILES string of the molecule is Cc1nc(C(C)C)n(C2CCN([C@H](CC(C)N)c3ccccc3)CC2)n1. The summed E-state index contributed by atoms with van der Waals surface area (Å²) in [6, 6.07) is 11.9. The summed E-state index contributed by atoms with van der Waals surface area (Å²) in [7, 11) is 0. The minimum absolute atomic E-state index is 0.198. The molecule has 1 aliphatic heterocycles. The van der Waals surface area contributed by atoms with Gasteiger partial charge in [-0.3, -0.25) is 4.90 Å². The first kappa shape index (κ1) is 19.1. The van der Waals surface area contributed by atoms with Crippen molar-refractivity contribution < 1.29 is 0 Å². The number of rotatable bonds is 6. The molecule has 5 nitrogen and oxygen atoms in total. The fourth-order valence-electron chi connectivity index (χ4n) is 4.07. The van der Waals surface area contributed by atoms with E-state index < -0.39 is 0 Å². The van der Waals surface area contributed by atoms with E-state index >= 15 is 0 Å². The van der Waals surface area contributed by atoms with Crippen LogP contribution in [0.25, 0.3) is 0 Å². The first-order valence-corrected chi connectivity index (χ1v) is 9.93. The van der Waals surface area contributed by atoms with Crippen molar-refractivity contribution in [2.45, 2.75) is 71.0 Å². The summed E-state index contributed by atoms with van der Waals surface area (Å²) in [5.74, 6) is 2.41. The van der Waals surface area contributed by atoms with E-state index in [0.29, 0.717) is 18.0 Å². The third-order valence-electron chi connectivity index (χ3n) is 5.35. The van der Waals surface area contributed by atoms with Crippen LogP contribution in [-0.4, -0.2) is 38.8 Å². The smallest absolute Gasteiger partial charge is 0.147 e. The Labute approximate surface area is 157 Å². The molecule has 1 fully saturated rings. The van der Waals surface area contributed by atoms with Crippen molar-refractivity contribution in [2.24, 2.45) is 5.73 Å². The van der Waals surface area contributed by atoms with Crippen LogP contribution in [0.5, 0.6) is 0 Å². The normalized spacial score (nSPS) is 19.0. The summed E-state index contributed by atoms with van der Waals surface area (Å²) >= 11 is 0. The molecule has 3 rings (SSSR count). The Morgan fingerprint density at radius 1 is 1.12 bits per heavy atom. The zero-order valence-electron chi connectivity index (χ0n) is 16.6. The van der Waals surface area contributed by atoms with Crippen molar-refractivity contribution in [3.8, 4) is 0 Å². The summed E-state index contributed by atoms with van der Waals surface area (Å²) in [6.45, 7) is 10.6. The highest BCUT2D eigenvalue weighted by Crippen LogP contribution is 2.32. The molecule has 5 heteroatoms. The highest BCUT2D eigenvalue weighted by atomic mass is 15.4. The average Bonchev–Trinajstić information content (AvgIpc) is 3.03. The lowest BCUT2D eigenvalue weighted by Crippen LogP contribution is -2.39. The van der Waals surface area contributed by atoms with Gasteiger partial charge in [-0.1, -0.05) is 44.2 Å². The van der Waals surface area contributed by atoms with Gasteiger partial charge in [-0.05, 0) is 38.7 Å². The molecule has 0 spiro atoms. The zero-order chi connectivity index (χ0) is 18.7. The van der Waals surface area contributed by atoms with Crippen molar-refractivity contribution in [3.05, 3.63) is 47.5 Å². The molecule has 0 bridgehead atoms. The second-order valence-electron chi connectivity index (χ2n) is 8.02.